The van der Waals surface area contributed by atoms with Crippen LogP contribution in [-0.4, -0.2) is 0 Å². The lowest BCUT2D eigenvalue weighted by molar-refractivity contribution is 0.662. The van der Waals surface area contributed by atoms with Crippen LogP contribution in [0.4, 0.5) is 0 Å². The molecule has 1 heterocycles. The van der Waals surface area contributed by atoms with Crippen LogP contribution in [-0.2, 0) is 5.41 Å². The molecular weight excluding hydrogens is 525 g/mol. The molecule has 0 aliphatic heterocycles. The van der Waals surface area contributed by atoms with E-state index >= 15 is 0 Å². The minimum Gasteiger partial charge on any atom is -0.135 e. The Labute approximate surface area is 249 Å². The van der Waals surface area contributed by atoms with Gasteiger partial charge in [-0.2, -0.15) is 0 Å². The Morgan fingerprint density at radius 1 is 0.452 bits per heavy atom. The van der Waals surface area contributed by atoms with E-state index in [9.17, 15) is 0 Å². The van der Waals surface area contributed by atoms with Gasteiger partial charge in [0.1, 0.15) is 0 Å². The second-order valence-electron chi connectivity index (χ2n) is 12.1. The van der Waals surface area contributed by atoms with Crippen LogP contribution in [0.1, 0.15) is 25.0 Å². The van der Waals surface area contributed by atoms with Crippen molar-refractivity contribution in [1.82, 2.24) is 0 Å². The molecule has 1 heteroatoms. The zero-order chi connectivity index (χ0) is 28.0. The van der Waals surface area contributed by atoms with Gasteiger partial charge in [0.25, 0.3) is 0 Å². The molecule has 0 radical (unpaired) electrons. The lowest BCUT2D eigenvalue weighted by Crippen LogP contribution is -2.15. The molecule has 0 N–H and O–H groups in total. The fourth-order valence-corrected chi connectivity index (χ4v) is 8.57. The molecule has 8 aromatic rings. The lowest BCUT2D eigenvalue weighted by atomic mass is 9.80. The molecule has 0 saturated carbocycles. The molecule has 42 heavy (non-hydrogen) atoms. The highest BCUT2D eigenvalue weighted by molar-refractivity contribution is 7.26. The van der Waals surface area contributed by atoms with Crippen LogP contribution in [0.15, 0.2) is 133 Å². The molecular formula is C41H28S. The summed E-state index contributed by atoms with van der Waals surface area (Å²) in [6.07, 6.45) is 0. The second-order valence-corrected chi connectivity index (χ2v) is 13.2. The summed E-state index contributed by atoms with van der Waals surface area (Å²) in [6, 6.07) is 49.8. The summed E-state index contributed by atoms with van der Waals surface area (Å²) in [5.74, 6) is 0. The molecule has 0 bridgehead atoms. The lowest BCUT2D eigenvalue weighted by Gasteiger charge is -2.23. The summed E-state index contributed by atoms with van der Waals surface area (Å²) in [4.78, 5) is 0. The maximum atomic E-state index is 2.49. The van der Waals surface area contributed by atoms with Crippen LogP contribution in [0.2, 0.25) is 0 Å². The average molecular weight is 553 g/mol. The third kappa shape index (κ3) is 3.29. The van der Waals surface area contributed by atoms with E-state index in [0.717, 1.165) is 0 Å². The van der Waals surface area contributed by atoms with Crippen LogP contribution in [0.5, 0.6) is 0 Å². The zero-order valence-corrected chi connectivity index (χ0v) is 24.4. The molecule has 0 saturated heterocycles. The minimum absolute atomic E-state index is 0.0895. The fourth-order valence-electron chi connectivity index (χ4n) is 7.34. The number of rotatable bonds is 2. The van der Waals surface area contributed by atoms with Gasteiger partial charge in [-0.15, -0.1) is 11.3 Å². The largest absolute Gasteiger partial charge is 0.135 e. The average Bonchev–Trinajstić information content (AvgIpc) is 3.52. The zero-order valence-electron chi connectivity index (χ0n) is 23.6. The Morgan fingerprint density at radius 3 is 1.93 bits per heavy atom. The van der Waals surface area contributed by atoms with E-state index in [2.05, 4.69) is 147 Å². The molecule has 0 fully saturated rings. The van der Waals surface area contributed by atoms with Crippen LogP contribution >= 0.6 is 11.3 Å². The summed E-state index contributed by atoms with van der Waals surface area (Å²) in [5.41, 5.74) is 10.7. The number of fused-ring (bicyclic) bond motifs is 9. The second kappa shape index (κ2) is 8.64. The van der Waals surface area contributed by atoms with Gasteiger partial charge in [0.2, 0.25) is 0 Å². The highest BCUT2D eigenvalue weighted by atomic mass is 32.1. The number of hydrogen-bond acceptors (Lipinski definition) is 1. The molecule has 1 aliphatic carbocycles. The summed E-state index contributed by atoms with van der Waals surface area (Å²) in [5, 5.41) is 7.94. The summed E-state index contributed by atoms with van der Waals surface area (Å²) >= 11 is 1.90. The van der Waals surface area contributed by atoms with Crippen molar-refractivity contribution >= 4 is 53.1 Å². The van der Waals surface area contributed by atoms with Crippen molar-refractivity contribution < 1.29 is 0 Å². The SMILES string of the molecule is CC1(C)c2cc3ccccc3cc2-c2c1cc(-c1cccc(-c3cccc4c3sc3ccccc34)c1)c1ccccc21. The van der Waals surface area contributed by atoms with E-state index in [1.54, 1.807) is 0 Å². The van der Waals surface area contributed by atoms with Crippen LogP contribution < -0.4 is 0 Å². The molecule has 0 amide bonds. The maximum absolute atomic E-state index is 2.49. The Hall–Kier alpha value is -4.72. The van der Waals surface area contributed by atoms with E-state index in [1.807, 2.05) is 11.3 Å². The highest BCUT2D eigenvalue weighted by Gasteiger charge is 2.37. The van der Waals surface area contributed by atoms with Crippen molar-refractivity contribution in [1.29, 1.82) is 0 Å². The fraction of sp³-hybridized carbons (Fsp3) is 0.0732. The maximum Gasteiger partial charge on any atom is 0.0433 e. The van der Waals surface area contributed by atoms with E-state index in [-0.39, 0.29) is 5.41 Å². The molecule has 9 rings (SSSR count). The first-order chi connectivity index (χ1) is 20.6. The van der Waals surface area contributed by atoms with E-state index in [1.165, 1.54) is 86.2 Å². The Kier molecular flexibility index (Phi) is 4.93. The summed E-state index contributed by atoms with van der Waals surface area (Å²) in [6.45, 7) is 4.78. The molecule has 198 valence electrons. The first-order valence-corrected chi connectivity index (χ1v) is 15.5. The third-order valence-corrected chi connectivity index (χ3v) is 10.7. The Balaban J connectivity index is 1.28. The molecule has 0 nitrogen and oxygen atoms in total. The normalized spacial score (nSPS) is 13.7. The summed E-state index contributed by atoms with van der Waals surface area (Å²) < 4.78 is 2.70. The molecule has 0 spiro atoms. The molecule has 1 aliphatic rings. The van der Waals surface area contributed by atoms with E-state index in [4.69, 9.17) is 0 Å². The van der Waals surface area contributed by atoms with Crippen molar-refractivity contribution in [3.8, 4) is 33.4 Å². The van der Waals surface area contributed by atoms with Gasteiger partial charge >= 0.3 is 0 Å². The first-order valence-electron chi connectivity index (χ1n) is 14.7. The summed E-state index contributed by atoms with van der Waals surface area (Å²) in [7, 11) is 0. The third-order valence-electron chi connectivity index (χ3n) is 9.44. The first kappa shape index (κ1) is 23.9. The van der Waals surface area contributed by atoms with Crippen LogP contribution in [0.3, 0.4) is 0 Å². The molecule has 1 aromatic heterocycles. The number of benzene rings is 7. The van der Waals surface area contributed by atoms with Gasteiger partial charge in [0.05, 0.1) is 0 Å². The van der Waals surface area contributed by atoms with Gasteiger partial charge in [-0.3, -0.25) is 0 Å². The van der Waals surface area contributed by atoms with Crippen LogP contribution in [0, 0.1) is 0 Å². The van der Waals surface area contributed by atoms with Crippen molar-refractivity contribution in [3.63, 3.8) is 0 Å². The minimum atomic E-state index is -0.0895. The van der Waals surface area contributed by atoms with Crippen LogP contribution in [0.25, 0.3) is 75.1 Å². The Bertz CT molecular complexity index is 2380. The van der Waals surface area contributed by atoms with Gasteiger partial charge < -0.3 is 0 Å². The monoisotopic (exact) mass is 552 g/mol. The van der Waals surface area contributed by atoms with Crippen molar-refractivity contribution in [2.24, 2.45) is 0 Å². The predicted octanol–water partition coefficient (Wildman–Crippen LogP) is 12.0. The van der Waals surface area contributed by atoms with Gasteiger partial charge in [0.15, 0.2) is 0 Å². The van der Waals surface area contributed by atoms with Gasteiger partial charge in [-0.05, 0) is 96.4 Å². The quantitative estimate of drug-likeness (QED) is 0.200. The number of hydrogen-bond donors (Lipinski definition) is 0. The Morgan fingerprint density at radius 2 is 1.10 bits per heavy atom. The predicted molar refractivity (Wildman–Crippen MR) is 183 cm³/mol. The highest BCUT2D eigenvalue weighted by Crippen LogP contribution is 2.54. The smallest absolute Gasteiger partial charge is 0.0433 e. The van der Waals surface area contributed by atoms with Gasteiger partial charge in [-0.1, -0.05) is 117 Å². The van der Waals surface area contributed by atoms with Crippen molar-refractivity contribution in [2.75, 3.05) is 0 Å². The van der Waals surface area contributed by atoms with Gasteiger partial charge in [-0.25, -0.2) is 0 Å². The standard InChI is InChI=1S/C41H28S/c1-41(2)36-23-26-12-4-3-11-25(26)22-35(36)39-32-17-6-5-15-30(32)34(24-37(39)41)28-14-9-13-27(21-28)29-18-10-19-33-31-16-7-8-20-38(31)42-40(29)33/h3-24H,1-2H3. The van der Waals surface area contributed by atoms with Crippen molar-refractivity contribution in [3.05, 3.63) is 145 Å². The molecule has 0 unspecified atom stereocenters. The topological polar surface area (TPSA) is 0 Å². The number of thiophene rings is 1. The van der Waals surface area contributed by atoms with E-state index in [0.29, 0.717) is 0 Å². The molecule has 0 atom stereocenters. The van der Waals surface area contributed by atoms with Gasteiger partial charge in [0, 0.05) is 25.6 Å². The van der Waals surface area contributed by atoms with Crippen molar-refractivity contribution in [2.45, 2.75) is 19.3 Å². The van der Waals surface area contributed by atoms with E-state index < -0.39 is 0 Å². The molecule has 7 aromatic carbocycles.